The molecule has 3 rings (SSSR count). The standard InChI is InChI=1S/C19H38N4O12S/c1-5(24)15-13(28)12(27)9(22)18(33-15)34-16-6(21)3-7(23-36(2,30)31)10(25)17(16)35-19-14(29)11(26)8(4-20)32-19/h5-19,23-29H,3-4,20-22H2,1-2H3/t5-,6?,7-,8-,9?,10?,11+,12-,13+,14?,15?,16-,17-,18-,19+/m1/s1. The lowest BCUT2D eigenvalue weighted by atomic mass is 9.84. The molecule has 0 radical (unpaired) electrons. The maximum Gasteiger partial charge on any atom is 0.209 e. The average molecular weight is 547 g/mol. The summed E-state index contributed by atoms with van der Waals surface area (Å²) in [5.74, 6) is 0. The van der Waals surface area contributed by atoms with Gasteiger partial charge in [0.25, 0.3) is 0 Å². The molecule has 15 atom stereocenters. The molecular weight excluding hydrogens is 508 g/mol. The summed E-state index contributed by atoms with van der Waals surface area (Å²) in [4.78, 5) is 0. The van der Waals surface area contributed by atoms with Gasteiger partial charge >= 0.3 is 0 Å². The molecule has 17 heteroatoms. The van der Waals surface area contributed by atoms with Crippen LogP contribution in [0.3, 0.4) is 0 Å². The zero-order valence-electron chi connectivity index (χ0n) is 19.8. The van der Waals surface area contributed by atoms with E-state index in [4.69, 9.17) is 36.1 Å². The molecule has 0 amide bonds. The van der Waals surface area contributed by atoms with Crippen molar-refractivity contribution < 1.29 is 58.0 Å². The quantitative estimate of drug-likeness (QED) is 0.135. The van der Waals surface area contributed by atoms with Crippen LogP contribution < -0.4 is 21.9 Å². The SMILES string of the molecule is C[C@@H](O)C1O[C@H](O[C@@H]2C(N)C[C@@H](NS(C)(=O)=O)C(O)[C@H]2O[C@@H]2O[C@H](CN)[C@H](O)C2O)C(N)[C@@H](O)[C@@H]1O. The molecule has 0 bridgehead atoms. The molecule has 1 aliphatic carbocycles. The molecule has 0 spiro atoms. The van der Waals surface area contributed by atoms with Crippen molar-refractivity contribution in [3.63, 3.8) is 0 Å². The number of hydrogen-bond donors (Lipinski definition) is 10. The molecule has 1 saturated carbocycles. The van der Waals surface area contributed by atoms with E-state index >= 15 is 0 Å². The molecule has 16 nitrogen and oxygen atoms in total. The highest BCUT2D eigenvalue weighted by molar-refractivity contribution is 7.88. The highest BCUT2D eigenvalue weighted by Gasteiger charge is 2.53. The summed E-state index contributed by atoms with van der Waals surface area (Å²) in [5, 5.41) is 62.0. The van der Waals surface area contributed by atoms with Gasteiger partial charge < -0.3 is 66.8 Å². The molecule has 2 aliphatic heterocycles. The van der Waals surface area contributed by atoms with Crippen molar-refractivity contribution in [1.29, 1.82) is 0 Å². The number of hydrogen-bond acceptors (Lipinski definition) is 15. The Hall–Kier alpha value is -0.610. The fourth-order valence-corrected chi connectivity index (χ4v) is 5.51. The van der Waals surface area contributed by atoms with Crippen LogP contribution in [0.1, 0.15) is 13.3 Å². The molecule has 0 aromatic carbocycles. The average Bonchev–Trinajstić information content (AvgIpc) is 3.05. The Bertz CT molecular complexity index is 839. The minimum absolute atomic E-state index is 0.117. The number of sulfonamides is 1. The number of aliphatic hydroxyl groups excluding tert-OH is 6. The van der Waals surface area contributed by atoms with Gasteiger partial charge in [-0.3, -0.25) is 0 Å². The van der Waals surface area contributed by atoms with Gasteiger partial charge in [-0.2, -0.15) is 0 Å². The summed E-state index contributed by atoms with van der Waals surface area (Å²) in [7, 11) is -3.78. The van der Waals surface area contributed by atoms with Gasteiger partial charge in [0.1, 0.15) is 48.8 Å². The molecule has 0 aromatic heterocycles. The smallest absolute Gasteiger partial charge is 0.209 e. The molecule has 13 N–H and O–H groups in total. The molecule has 5 unspecified atom stereocenters. The summed E-state index contributed by atoms with van der Waals surface area (Å²) in [6, 6.07) is -3.42. The summed E-state index contributed by atoms with van der Waals surface area (Å²) >= 11 is 0. The fourth-order valence-electron chi connectivity index (χ4n) is 4.73. The van der Waals surface area contributed by atoms with Crippen LogP contribution in [-0.2, 0) is 29.0 Å². The monoisotopic (exact) mass is 546 g/mol. The molecule has 3 aliphatic rings. The van der Waals surface area contributed by atoms with E-state index in [-0.39, 0.29) is 13.0 Å². The Balaban J connectivity index is 1.87. The van der Waals surface area contributed by atoms with Crippen molar-refractivity contribution in [1.82, 2.24) is 4.72 Å². The third-order valence-corrected chi connectivity index (χ3v) is 7.41. The second kappa shape index (κ2) is 11.6. The van der Waals surface area contributed by atoms with Crippen LogP contribution in [0.25, 0.3) is 0 Å². The third-order valence-electron chi connectivity index (χ3n) is 6.68. The lowest BCUT2D eigenvalue weighted by Gasteiger charge is -2.48. The first-order valence-electron chi connectivity index (χ1n) is 11.5. The maximum atomic E-state index is 11.8. The summed E-state index contributed by atoms with van der Waals surface area (Å²) in [5.41, 5.74) is 17.8. The van der Waals surface area contributed by atoms with Gasteiger partial charge in [0.05, 0.1) is 30.5 Å². The van der Waals surface area contributed by atoms with Crippen molar-refractivity contribution in [3.8, 4) is 0 Å². The normalized spacial score (nSPS) is 49.2. The zero-order chi connectivity index (χ0) is 27.1. The Morgan fingerprint density at radius 2 is 1.56 bits per heavy atom. The first kappa shape index (κ1) is 29.9. The van der Waals surface area contributed by atoms with E-state index in [2.05, 4.69) is 4.72 Å². The Morgan fingerprint density at radius 3 is 2.08 bits per heavy atom. The predicted molar refractivity (Wildman–Crippen MR) is 120 cm³/mol. The number of rotatable bonds is 8. The highest BCUT2D eigenvalue weighted by atomic mass is 32.2. The van der Waals surface area contributed by atoms with Crippen LogP contribution in [0, 0.1) is 0 Å². The van der Waals surface area contributed by atoms with Crippen LogP contribution in [0.2, 0.25) is 0 Å². The van der Waals surface area contributed by atoms with Crippen LogP contribution in [0.5, 0.6) is 0 Å². The molecule has 0 aromatic rings. The van der Waals surface area contributed by atoms with Crippen molar-refractivity contribution in [2.75, 3.05) is 12.8 Å². The van der Waals surface area contributed by atoms with Crippen molar-refractivity contribution in [2.45, 2.75) is 105 Å². The minimum atomic E-state index is -3.78. The molecular formula is C19H38N4O12S. The van der Waals surface area contributed by atoms with E-state index in [1.165, 1.54) is 6.92 Å². The summed E-state index contributed by atoms with van der Waals surface area (Å²) < 4.78 is 48.6. The van der Waals surface area contributed by atoms with E-state index < -0.39 is 102 Å². The van der Waals surface area contributed by atoms with E-state index in [0.29, 0.717) is 0 Å². The van der Waals surface area contributed by atoms with E-state index in [1.54, 1.807) is 0 Å². The summed E-state index contributed by atoms with van der Waals surface area (Å²) in [6.07, 6.45) is -15.9. The fraction of sp³-hybridized carbons (Fsp3) is 1.00. The number of ether oxygens (including phenoxy) is 4. The lowest BCUT2D eigenvalue weighted by Crippen LogP contribution is -2.69. The van der Waals surface area contributed by atoms with Crippen LogP contribution in [0.4, 0.5) is 0 Å². The molecule has 2 heterocycles. The van der Waals surface area contributed by atoms with Crippen LogP contribution in [0.15, 0.2) is 0 Å². The first-order chi connectivity index (χ1) is 16.7. The predicted octanol–water partition coefficient (Wildman–Crippen LogP) is -6.67. The number of nitrogens with two attached hydrogens (primary N) is 3. The Labute approximate surface area is 208 Å². The van der Waals surface area contributed by atoms with Gasteiger partial charge in [-0.1, -0.05) is 0 Å². The molecule has 2 saturated heterocycles. The second-order valence-electron chi connectivity index (χ2n) is 9.62. The van der Waals surface area contributed by atoms with Gasteiger partial charge in [0.15, 0.2) is 12.6 Å². The van der Waals surface area contributed by atoms with E-state index in [1.807, 2.05) is 0 Å². The lowest BCUT2D eigenvalue weighted by molar-refractivity contribution is -0.315. The highest BCUT2D eigenvalue weighted by Crippen LogP contribution is 2.33. The van der Waals surface area contributed by atoms with E-state index in [9.17, 15) is 39.1 Å². The van der Waals surface area contributed by atoms with Crippen molar-refractivity contribution in [3.05, 3.63) is 0 Å². The van der Waals surface area contributed by atoms with Crippen LogP contribution in [-0.4, -0.2) is 144 Å². The van der Waals surface area contributed by atoms with Gasteiger partial charge in [-0.15, -0.1) is 0 Å². The third kappa shape index (κ3) is 6.33. The Kier molecular flexibility index (Phi) is 9.68. The minimum Gasteiger partial charge on any atom is -0.391 e. The molecule has 36 heavy (non-hydrogen) atoms. The first-order valence-corrected chi connectivity index (χ1v) is 13.4. The van der Waals surface area contributed by atoms with E-state index in [0.717, 1.165) is 6.26 Å². The second-order valence-corrected chi connectivity index (χ2v) is 11.4. The maximum absolute atomic E-state index is 11.8. The topological polar surface area (TPSA) is 283 Å². The Morgan fingerprint density at radius 1 is 0.944 bits per heavy atom. The van der Waals surface area contributed by atoms with Crippen molar-refractivity contribution in [2.24, 2.45) is 17.2 Å². The van der Waals surface area contributed by atoms with Gasteiger partial charge in [-0.25, -0.2) is 13.1 Å². The zero-order valence-corrected chi connectivity index (χ0v) is 20.7. The van der Waals surface area contributed by atoms with Gasteiger partial charge in [0, 0.05) is 12.6 Å². The van der Waals surface area contributed by atoms with Gasteiger partial charge in [-0.05, 0) is 13.3 Å². The van der Waals surface area contributed by atoms with Gasteiger partial charge in [0.2, 0.25) is 10.0 Å². The molecule has 3 fully saturated rings. The number of nitrogens with one attached hydrogen (secondary N) is 1. The van der Waals surface area contributed by atoms with Crippen molar-refractivity contribution >= 4 is 10.0 Å². The molecule has 212 valence electrons. The number of aliphatic hydroxyl groups is 6. The largest absolute Gasteiger partial charge is 0.391 e. The van der Waals surface area contributed by atoms with Crippen LogP contribution >= 0.6 is 0 Å². The summed E-state index contributed by atoms with van der Waals surface area (Å²) in [6.45, 7) is 1.19.